The van der Waals surface area contributed by atoms with Crippen molar-refractivity contribution in [2.24, 2.45) is 0 Å². The van der Waals surface area contributed by atoms with Crippen molar-refractivity contribution < 1.29 is 9.90 Å². The number of amides is 1. The fourth-order valence-corrected chi connectivity index (χ4v) is 2.31. The summed E-state index contributed by atoms with van der Waals surface area (Å²) in [6, 6.07) is 11.6. The van der Waals surface area contributed by atoms with Gasteiger partial charge in [-0.25, -0.2) is 0 Å². The Morgan fingerprint density at radius 2 is 1.95 bits per heavy atom. The first-order chi connectivity index (χ1) is 9.54. The normalized spacial score (nSPS) is 12.2. The molecule has 2 N–H and O–H groups in total. The Balaban J connectivity index is 2.37. The molecular weight excluding hydrogens is 252 g/mol. The van der Waals surface area contributed by atoms with Gasteiger partial charge in [0.2, 0.25) is 0 Å². The number of nitrogens with zero attached hydrogens (tertiary/aromatic N) is 1. The molecule has 4 heteroatoms. The number of carbonyl (C=O) groups excluding carboxylic acids is 1. The second-order valence-electron chi connectivity index (χ2n) is 5.01. The maximum Gasteiger partial charge on any atom is 0.253 e. The van der Waals surface area contributed by atoms with Crippen LogP contribution < -0.4 is 5.32 Å². The van der Waals surface area contributed by atoms with Crippen molar-refractivity contribution in [1.29, 1.82) is 0 Å². The van der Waals surface area contributed by atoms with Crippen molar-refractivity contribution in [1.82, 2.24) is 9.88 Å². The lowest BCUT2D eigenvalue weighted by Gasteiger charge is -2.12. The van der Waals surface area contributed by atoms with Gasteiger partial charge in [0.1, 0.15) is 0 Å². The topological polar surface area (TPSA) is 54.3 Å². The van der Waals surface area contributed by atoms with E-state index >= 15 is 0 Å². The van der Waals surface area contributed by atoms with Gasteiger partial charge in [0.25, 0.3) is 5.91 Å². The van der Waals surface area contributed by atoms with E-state index in [-0.39, 0.29) is 18.6 Å². The highest BCUT2D eigenvalue weighted by molar-refractivity contribution is 5.96. The van der Waals surface area contributed by atoms with E-state index in [1.54, 1.807) is 6.92 Å². The van der Waals surface area contributed by atoms with Crippen LogP contribution >= 0.6 is 0 Å². The molecule has 0 bridgehead atoms. The van der Waals surface area contributed by atoms with Gasteiger partial charge in [0.05, 0.1) is 12.2 Å². The number of carbonyl (C=O) groups is 1. The van der Waals surface area contributed by atoms with E-state index in [2.05, 4.69) is 9.88 Å². The van der Waals surface area contributed by atoms with Gasteiger partial charge in [-0.2, -0.15) is 0 Å². The summed E-state index contributed by atoms with van der Waals surface area (Å²) in [6.45, 7) is 5.61. The maximum atomic E-state index is 12.2. The molecule has 0 aliphatic carbocycles. The van der Waals surface area contributed by atoms with Crippen molar-refractivity contribution in [3.63, 3.8) is 0 Å². The summed E-state index contributed by atoms with van der Waals surface area (Å²) in [6.07, 6.45) is 0. The molecule has 1 amide bonds. The predicted octanol–water partition coefficient (Wildman–Crippen LogP) is 2.20. The van der Waals surface area contributed by atoms with Gasteiger partial charge in [0, 0.05) is 23.1 Å². The van der Waals surface area contributed by atoms with Gasteiger partial charge in [0.15, 0.2) is 0 Å². The first kappa shape index (κ1) is 14.3. The highest BCUT2D eigenvalue weighted by atomic mass is 16.3. The minimum Gasteiger partial charge on any atom is -0.394 e. The fourth-order valence-electron chi connectivity index (χ4n) is 2.31. The molecule has 0 radical (unpaired) electrons. The number of hydrogen-bond donors (Lipinski definition) is 2. The third-order valence-corrected chi connectivity index (χ3v) is 3.34. The molecule has 0 saturated heterocycles. The molecule has 0 spiro atoms. The van der Waals surface area contributed by atoms with Crippen LogP contribution in [-0.4, -0.2) is 28.2 Å². The second-order valence-corrected chi connectivity index (χ2v) is 5.01. The number of aryl methyl sites for hydroxylation is 1. The molecule has 1 heterocycles. The number of hydrogen-bond acceptors (Lipinski definition) is 2. The van der Waals surface area contributed by atoms with E-state index in [0.29, 0.717) is 5.56 Å². The largest absolute Gasteiger partial charge is 0.394 e. The molecule has 0 saturated carbocycles. The Morgan fingerprint density at radius 1 is 1.30 bits per heavy atom. The Morgan fingerprint density at radius 3 is 2.55 bits per heavy atom. The number of aliphatic hydroxyl groups is 1. The Hall–Kier alpha value is -2.07. The van der Waals surface area contributed by atoms with Gasteiger partial charge in [-0.3, -0.25) is 4.79 Å². The van der Waals surface area contributed by atoms with Crippen molar-refractivity contribution in [2.75, 3.05) is 6.61 Å². The smallest absolute Gasteiger partial charge is 0.253 e. The van der Waals surface area contributed by atoms with Gasteiger partial charge < -0.3 is 15.0 Å². The number of benzene rings is 1. The Bertz CT molecular complexity index is 602. The van der Waals surface area contributed by atoms with Crippen LogP contribution in [0.1, 0.15) is 28.7 Å². The van der Waals surface area contributed by atoms with E-state index in [1.165, 1.54) is 0 Å². The van der Waals surface area contributed by atoms with E-state index in [1.807, 2.05) is 50.2 Å². The standard InChI is InChI=1S/C16H20N2O2/c1-11(10-19)17-16(20)15-9-12(2)18(13(15)3)14-7-5-4-6-8-14/h4-9,11,19H,10H2,1-3H3,(H,17,20)/t11-/m0/s1. The molecule has 2 aromatic rings. The van der Waals surface area contributed by atoms with Gasteiger partial charge in [-0.1, -0.05) is 18.2 Å². The van der Waals surface area contributed by atoms with Crippen molar-refractivity contribution in [2.45, 2.75) is 26.8 Å². The highest BCUT2D eigenvalue weighted by Gasteiger charge is 2.17. The number of aromatic nitrogens is 1. The molecule has 1 aromatic heterocycles. The number of para-hydroxylation sites is 1. The fraction of sp³-hybridized carbons (Fsp3) is 0.312. The van der Waals surface area contributed by atoms with E-state index in [4.69, 9.17) is 5.11 Å². The second kappa shape index (κ2) is 5.92. The maximum absolute atomic E-state index is 12.2. The zero-order valence-electron chi connectivity index (χ0n) is 12.1. The van der Waals surface area contributed by atoms with Crippen molar-refractivity contribution in [3.8, 4) is 5.69 Å². The predicted molar refractivity (Wildman–Crippen MR) is 79.3 cm³/mol. The highest BCUT2D eigenvalue weighted by Crippen LogP contribution is 2.20. The van der Waals surface area contributed by atoms with E-state index in [9.17, 15) is 4.79 Å². The summed E-state index contributed by atoms with van der Waals surface area (Å²) in [5.41, 5.74) is 3.59. The Labute approximate surface area is 119 Å². The average Bonchev–Trinajstić information content (AvgIpc) is 2.75. The van der Waals surface area contributed by atoms with Crippen LogP contribution in [0.4, 0.5) is 0 Å². The summed E-state index contributed by atoms with van der Waals surface area (Å²) in [7, 11) is 0. The average molecular weight is 272 g/mol. The van der Waals surface area contributed by atoms with Crippen LogP contribution in [0.25, 0.3) is 5.69 Å². The minimum atomic E-state index is -0.248. The molecule has 1 atom stereocenters. The molecule has 1 aromatic carbocycles. The van der Waals surface area contributed by atoms with Gasteiger partial charge in [-0.05, 0) is 39.0 Å². The zero-order valence-corrected chi connectivity index (χ0v) is 12.1. The third kappa shape index (κ3) is 2.75. The molecule has 20 heavy (non-hydrogen) atoms. The van der Waals surface area contributed by atoms with Crippen LogP contribution in [0.15, 0.2) is 36.4 Å². The van der Waals surface area contributed by atoms with Crippen LogP contribution in [0.3, 0.4) is 0 Å². The monoisotopic (exact) mass is 272 g/mol. The molecular formula is C16H20N2O2. The lowest BCUT2D eigenvalue weighted by Crippen LogP contribution is -2.35. The quantitative estimate of drug-likeness (QED) is 0.896. The summed E-state index contributed by atoms with van der Waals surface area (Å²) in [5, 5.41) is 11.8. The van der Waals surface area contributed by atoms with E-state index in [0.717, 1.165) is 17.1 Å². The molecule has 4 nitrogen and oxygen atoms in total. The molecule has 0 aliphatic rings. The van der Waals surface area contributed by atoms with Crippen molar-refractivity contribution in [3.05, 3.63) is 53.3 Å². The van der Waals surface area contributed by atoms with Crippen LogP contribution in [-0.2, 0) is 0 Å². The SMILES string of the molecule is Cc1cc(C(=O)N[C@@H](C)CO)c(C)n1-c1ccccc1. The molecule has 2 rings (SSSR count). The van der Waals surface area contributed by atoms with Crippen LogP contribution in [0.2, 0.25) is 0 Å². The first-order valence-corrected chi connectivity index (χ1v) is 6.70. The van der Waals surface area contributed by atoms with E-state index < -0.39 is 0 Å². The van der Waals surface area contributed by atoms with Gasteiger partial charge >= 0.3 is 0 Å². The summed E-state index contributed by atoms with van der Waals surface area (Å²) >= 11 is 0. The lowest BCUT2D eigenvalue weighted by atomic mass is 10.2. The number of aliphatic hydroxyl groups excluding tert-OH is 1. The van der Waals surface area contributed by atoms with Crippen LogP contribution in [0, 0.1) is 13.8 Å². The minimum absolute atomic E-state index is 0.0663. The van der Waals surface area contributed by atoms with Gasteiger partial charge in [-0.15, -0.1) is 0 Å². The molecule has 106 valence electrons. The zero-order chi connectivity index (χ0) is 14.7. The molecule has 0 aliphatic heterocycles. The number of nitrogens with one attached hydrogen (secondary N) is 1. The summed E-state index contributed by atoms with van der Waals surface area (Å²) in [5.74, 6) is -0.151. The molecule has 0 unspecified atom stereocenters. The summed E-state index contributed by atoms with van der Waals surface area (Å²) in [4.78, 5) is 12.2. The third-order valence-electron chi connectivity index (χ3n) is 3.34. The summed E-state index contributed by atoms with van der Waals surface area (Å²) < 4.78 is 2.05. The number of rotatable bonds is 4. The Kier molecular flexibility index (Phi) is 4.25. The van der Waals surface area contributed by atoms with Crippen LogP contribution in [0.5, 0.6) is 0 Å². The molecule has 0 fully saturated rings. The first-order valence-electron chi connectivity index (χ1n) is 6.70. The lowest BCUT2D eigenvalue weighted by molar-refractivity contribution is 0.0921. The van der Waals surface area contributed by atoms with Crippen molar-refractivity contribution >= 4 is 5.91 Å².